The minimum atomic E-state index is -0.384. The molecular formula is C15H19N3O3. The summed E-state index contributed by atoms with van der Waals surface area (Å²) in [7, 11) is 0. The lowest BCUT2D eigenvalue weighted by Gasteiger charge is -2.12. The molecule has 0 aliphatic carbocycles. The maximum Gasteiger partial charge on any atom is 0.278 e. The highest BCUT2D eigenvalue weighted by molar-refractivity contribution is 5.99. The summed E-state index contributed by atoms with van der Waals surface area (Å²) in [6.45, 7) is 7.06. The first-order chi connectivity index (χ1) is 9.99. The van der Waals surface area contributed by atoms with Gasteiger partial charge in [-0.1, -0.05) is 0 Å². The number of nitro benzene ring substituents is 1. The fourth-order valence-corrected chi connectivity index (χ4v) is 2.12. The standard InChI is InChI=1S/C15H19N3O3/c1-10(2)21-7-6-16-14-4-5-15(18(19)20)13-9-17-11(3)8-12(13)14/h4-5,8-10,16H,6-7H2,1-3H3. The molecule has 1 aromatic heterocycles. The van der Waals surface area contributed by atoms with Gasteiger partial charge in [0.1, 0.15) is 0 Å². The van der Waals surface area contributed by atoms with Crippen LogP contribution in [0.2, 0.25) is 0 Å². The number of fused-ring (bicyclic) bond motifs is 1. The van der Waals surface area contributed by atoms with Crippen molar-refractivity contribution in [1.82, 2.24) is 4.98 Å². The quantitative estimate of drug-likeness (QED) is 0.501. The third-order valence-electron chi connectivity index (χ3n) is 3.08. The van der Waals surface area contributed by atoms with Gasteiger partial charge in [-0.25, -0.2) is 0 Å². The number of ether oxygens (including phenoxy) is 1. The summed E-state index contributed by atoms with van der Waals surface area (Å²) in [5.41, 5.74) is 1.75. The number of hydrogen-bond acceptors (Lipinski definition) is 5. The van der Waals surface area contributed by atoms with Crippen molar-refractivity contribution in [1.29, 1.82) is 0 Å². The third-order valence-corrected chi connectivity index (χ3v) is 3.08. The van der Waals surface area contributed by atoms with E-state index in [4.69, 9.17) is 4.74 Å². The first-order valence-electron chi connectivity index (χ1n) is 6.88. The van der Waals surface area contributed by atoms with Crippen LogP contribution in [0, 0.1) is 17.0 Å². The van der Waals surface area contributed by atoms with E-state index in [0.717, 1.165) is 16.8 Å². The Morgan fingerprint density at radius 1 is 1.38 bits per heavy atom. The number of nitrogens with zero attached hydrogens (tertiary/aromatic N) is 2. The van der Waals surface area contributed by atoms with Crippen LogP contribution in [-0.2, 0) is 4.74 Å². The van der Waals surface area contributed by atoms with E-state index in [1.165, 1.54) is 6.07 Å². The van der Waals surface area contributed by atoms with Crippen molar-refractivity contribution in [2.24, 2.45) is 0 Å². The lowest BCUT2D eigenvalue weighted by atomic mass is 10.1. The number of nitrogens with one attached hydrogen (secondary N) is 1. The highest BCUT2D eigenvalue weighted by atomic mass is 16.6. The zero-order chi connectivity index (χ0) is 15.4. The summed E-state index contributed by atoms with van der Waals surface area (Å²) >= 11 is 0. The van der Waals surface area contributed by atoms with Crippen molar-refractivity contribution in [2.45, 2.75) is 26.9 Å². The van der Waals surface area contributed by atoms with Crippen LogP contribution >= 0.6 is 0 Å². The predicted octanol–water partition coefficient (Wildman–Crippen LogP) is 3.29. The fourth-order valence-electron chi connectivity index (χ4n) is 2.12. The molecule has 0 bridgehead atoms. The SMILES string of the molecule is Cc1cc2c(NCCOC(C)C)ccc([N+](=O)[O-])c2cn1. The number of aryl methyl sites for hydroxylation is 1. The van der Waals surface area contributed by atoms with Crippen molar-refractivity contribution in [3.05, 3.63) is 40.2 Å². The zero-order valence-corrected chi connectivity index (χ0v) is 12.4. The molecule has 1 N–H and O–H groups in total. The molecule has 0 spiro atoms. The molecule has 6 nitrogen and oxygen atoms in total. The van der Waals surface area contributed by atoms with E-state index >= 15 is 0 Å². The molecular weight excluding hydrogens is 270 g/mol. The Labute approximate surface area is 123 Å². The second-order valence-electron chi connectivity index (χ2n) is 5.11. The first kappa shape index (κ1) is 15.2. The molecule has 0 unspecified atom stereocenters. The molecule has 0 amide bonds. The Morgan fingerprint density at radius 3 is 2.81 bits per heavy atom. The van der Waals surface area contributed by atoms with Gasteiger partial charge in [0.15, 0.2) is 0 Å². The summed E-state index contributed by atoms with van der Waals surface area (Å²) in [5.74, 6) is 0. The molecule has 1 aromatic carbocycles. The van der Waals surface area contributed by atoms with Gasteiger partial charge in [0.2, 0.25) is 0 Å². The Kier molecular flexibility index (Phi) is 4.70. The molecule has 0 saturated carbocycles. The van der Waals surface area contributed by atoms with E-state index in [9.17, 15) is 10.1 Å². The molecule has 21 heavy (non-hydrogen) atoms. The second kappa shape index (κ2) is 6.49. The molecule has 112 valence electrons. The Balaban J connectivity index is 2.29. The number of hydrogen-bond donors (Lipinski definition) is 1. The predicted molar refractivity (Wildman–Crippen MR) is 82.7 cm³/mol. The first-order valence-corrected chi connectivity index (χ1v) is 6.88. The Bertz CT molecular complexity index is 656. The maximum absolute atomic E-state index is 11.1. The lowest BCUT2D eigenvalue weighted by Crippen LogP contribution is -2.13. The summed E-state index contributed by atoms with van der Waals surface area (Å²) in [5, 5.41) is 15.7. The maximum atomic E-state index is 11.1. The number of non-ortho nitro benzene ring substituents is 1. The smallest absolute Gasteiger partial charge is 0.278 e. The van der Waals surface area contributed by atoms with Crippen LogP contribution in [0.25, 0.3) is 10.8 Å². The van der Waals surface area contributed by atoms with Crippen LogP contribution in [0.15, 0.2) is 24.4 Å². The van der Waals surface area contributed by atoms with Crippen molar-refractivity contribution < 1.29 is 9.66 Å². The number of nitro groups is 1. The minimum absolute atomic E-state index is 0.0708. The molecule has 0 aliphatic rings. The van der Waals surface area contributed by atoms with Crippen LogP contribution in [0.4, 0.5) is 11.4 Å². The monoisotopic (exact) mass is 289 g/mol. The van der Waals surface area contributed by atoms with E-state index in [1.807, 2.05) is 26.8 Å². The van der Waals surface area contributed by atoms with Gasteiger partial charge in [-0.3, -0.25) is 15.1 Å². The number of benzene rings is 1. The molecule has 2 rings (SSSR count). The van der Waals surface area contributed by atoms with Crippen LogP contribution in [0.1, 0.15) is 19.5 Å². The molecule has 0 aliphatic heterocycles. The molecule has 0 atom stereocenters. The van der Waals surface area contributed by atoms with Gasteiger partial charge in [-0.05, 0) is 32.9 Å². The lowest BCUT2D eigenvalue weighted by molar-refractivity contribution is -0.383. The average molecular weight is 289 g/mol. The van der Waals surface area contributed by atoms with Gasteiger partial charge in [0.05, 0.1) is 23.0 Å². The van der Waals surface area contributed by atoms with Crippen LogP contribution in [0.3, 0.4) is 0 Å². The topological polar surface area (TPSA) is 77.3 Å². The zero-order valence-electron chi connectivity index (χ0n) is 12.4. The number of rotatable bonds is 6. The molecule has 1 heterocycles. The van der Waals surface area contributed by atoms with Crippen molar-refractivity contribution in [2.75, 3.05) is 18.5 Å². The second-order valence-corrected chi connectivity index (χ2v) is 5.11. The van der Waals surface area contributed by atoms with Gasteiger partial charge < -0.3 is 10.1 Å². The summed E-state index contributed by atoms with van der Waals surface area (Å²) in [4.78, 5) is 14.9. The molecule has 2 aromatic rings. The van der Waals surface area contributed by atoms with Crippen molar-refractivity contribution >= 4 is 22.1 Å². The third kappa shape index (κ3) is 3.66. The van der Waals surface area contributed by atoms with E-state index < -0.39 is 0 Å². The van der Waals surface area contributed by atoms with E-state index in [0.29, 0.717) is 18.5 Å². The fraction of sp³-hybridized carbons (Fsp3) is 0.400. The highest BCUT2D eigenvalue weighted by Gasteiger charge is 2.14. The Morgan fingerprint density at radius 2 is 2.14 bits per heavy atom. The number of anilines is 1. The average Bonchev–Trinajstić information content (AvgIpc) is 2.42. The number of pyridine rings is 1. The van der Waals surface area contributed by atoms with Crippen LogP contribution in [0.5, 0.6) is 0 Å². The molecule has 0 radical (unpaired) electrons. The van der Waals surface area contributed by atoms with Crippen LogP contribution < -0.4 is 5.32 Å². The van der Waals surface area contributed by atoms with Crippen molar-refractivity contribution in [3.8, 4) is 0 Å². The van der Waals surface area contributed by atoms with E-state index in [1.54, 1.807) is 12.3 Å². The summed E-state index contributed by atoms with van der Waals surface area (Å²) in [6, 6.07) is 5.09. The largest absolute Gasteiger partial charge is 0.382 e. The molecule has 0 fully saturated rings. The van der Waals surface area contributed by atoms with Gasteiger partial charge in [0.25, 0.3) is 5.69 Å². The number of aromatic nitrogens is 1. The molecule has 0 saturated heterocycles. The van der Waals surface area contributed by atoms with E-state index in [-0.39, 0.29) is 16.7 Å². The highest BCUT2D eigenvalue weighted by Crippen LogP contribution is 2.31. The molecule has 6 heteroatoms. The van der Waals surface area contributed by atoms with E-state index in [2.05, 4.69) is 10.3 Å². The van der Waals surface area contributed by atoms with Gasteiger partial charge in [0, 0.05) is 35.6 Å². The summed E-state index contributed by atoms with van der Waals surface area (Å²) in [6.07, 6.45) is 1.74. The van der Waals surface area contributed by atoms with Crippen molar-refractivity contribution in [3.63, 3.8) is 0 Å². The normalized spacial score (nSPS) is 11.0. The minimum Gasteiger partial charge on any atom is -0.382 e. The Hall–Kier alpha value is -2.21. The van der Waals surface area contributed by atoms with Crippen LogP contribution in [-0.4, -0.2) is 29.2 Å². The van der Waals surface area contributed by atoms with Gasteiger partial charge in [-0.2, -0.15) is 0 Å². The van der Waals surface area contributed by atoms with Gasteiger partial charge in [-0.15, -0.1) is 0 Å². The van der Waals surface area contributed by atoms with Gasteiger partial charge >= 0.3 is 0 Å². The summed E-state index contributed by atoms with van der Waals surface area (Å²) < 4.78 is 5.48.